The molecule has 11 heterocycles. The number of anilines is 6. The summed E-state index contributed by atoms with van der Waals surface area (Å²) in [5.74, 6) is 5.04. The summed E-state index contributed by atoms with van der Waals surface area (Å²) in [4.78, 5) is 41.0. The number of nitriles is 3. The maximum Gasteiger partial charge on any atom is 0.223 e. The van der Waals surface area contributed by atoms with E-state index >= 15 is 0 Å². The number of rotatable bonds is 10. The fourth-order valence-electron chi connectivity index (χ4n) is 20.4. The third kappa shape index (κ3) is 12.8. The molecule has 141 heavy (non-hydrogen) atoms. The largest absolute Gasteiger partial charge is 0.310 e. The highest BCUT2D eigenvalue weighted by atomic mass is 15.3. The van der Waals surface area contributed by atoms with Crippen LogP contribution in [0, 0.1) is 34.0 Å². The summed E-state index contributed by atoms with van der Waals surface area (Å²) in [6, 6.07) is 157. The van der Waals surface area contributed by atoms with E-state index < -0.39 is 0 Å². The van der Waals surface area contributed by atoms with Gasteiger partial charge in [-0.15, -0.1) is 0 Å². The maximum atomic E-state index is 9.98. The predicted molar refractivity (Wildman–Crippen MR) is 560 cm³/mol. The Morgan fingerprint density at radius 3 is 0.759 bits per heavy atom. The topological polar surface area (TPSA) is 219 Å². The molecule has 0 spiro atoms. The zero-order valence-corrected chi connectivity index (χ0v) is 74.9. The summed E-state index contributed by atoms with van der Waals surface area (Å²) >= 11 is 0. The number of hydrogen-bond acceptors (Lipinski definition) is 12. The number of aromatic nitrogens is 18. The second-order valence-electron chi connectivity index (χ2n) is 34.5. The number of hydrogen-bond donors (Lipinski definition) is 0. The summed E-state index contributed by atoms with van der Waals surface area (Å²) in [5, 5.41) is 29.9. The monoisotopic (exact) mass is 1810 g/mol. The molecule has 0 atom stereocenters. The Morgan fingerprint density at radius 1 is 0.170 bits per heavy atom. The molecular weight excluding hydrogens is 1740 g/mol. The molecule has 23 nitrogen and oxygen atoms in total. The minimum absolute atomic E-state index is 0.571. The van der Waals surface area contributed by atoms with E-state index in [1.807, 2.05) is 194 Å². The molecule has 18 aromatic carbocycles. The number of para-hydroxylation sites is 22. The molecule has 0 amide bonds. The van der Waals surface area contributed by atoms with E-state index in [0.717, 1.165) is 184 Å². The third-order valence-electron chi connectivity index (χ3n) is 26.5. The molecule has 0 fully saturated rings. The lowest BCUT2D eigenvalue weighted by Crippen LogP contribution is -2.14. The van der Waals surface area contributed by atoms with Crippen molar-refractivity contribution < 1.29 is 0 Å². The molecule has 0 N–H and O–H groups in total. The molecule has 11 aromatic heterocycles. The van der Waals surface area contributed by atoms with E-state index in [4.69, 9.17) is 34.9 Å². The fraction of sp³-hybridized carbons (Fsp3) is 0. The van der Waals surface area contributed by atoms with Crippen molar-refractivity contribution in [3.63, 3.8) is 0 Å². The molecule has 0 radical (unpaired) electrons. The average Bonchev–Trinajstić information content (AvgIpc) is 1.56. The second kappa shape index (κ2) is 32.4. The van der Waals surface area contributed by atoms with Gasteiger partial charge in [0, 0.05) is 34.1 Å². The predicted octanol–water partition coefficient (Wildman–Crippen LogP) is 26.7. The number of imidazole rings is 8. The van der Waals surface area contributed by atoms with Crippen molar-refractivity contribution in [1.29, 1.82) is 15.8 Å². The molecule has 0 saturated heterocycles. The van der Waals surface area contributed by atoms with Crippen LogP contribution in [0.15, 0.2) is 443 Å². The molecule has 0 aliphatic rings. The van der Waals surface area contributed by atoms with Crippen LogP contribution in [0.2, 0.25) is 0 Å². The van der Waals surface area contributed by atoms with Gasteiger partial charge in [-0.1, -0.05) is 188 Å². The van der Waals surface area contributed by atoms with Gasteiger partial charge in [0.1, 0.15) is 0 Å². The molecule has 660 valence electrons. The van der Waals surface area contributed by atoms with Crippen LogP contribution in [0.4, 0.5) is 34.1 Å². The number of fused-ring (bicyclic) bond motifs is 32. The van der Waals surface area contributed by atoms with Gasteiger partial charge in [-0.25, -0.2) is 48.6 Å². The number of nitrogens with zero attached hydrogens (tertiary/aromatic N) is 23. The lowest BCUT2D eigenvalue weighted by atomic mass is 10.1. The Kier molecular flexibility index (Phi) is 18.4. The van der Waals surface area contributed by atoms with Gasteiger partial charge in [0.2, 0.25) is 40.4 Å². The van der Waals surface area contributed by atoms with Crippen molar-refractivity contribution in [3.05, 3.63) is 460 Å². The highest BCUT2D eigenvalue weighted by Gasteiger charge is 2.28. The van der Waals surface area contributed by atoms with Crippen LogP contribution in [-0.4, -0.2) is 84.0 Å². The van der Waals surface area contributed by atoms with Crippen molar-refractivity contribution in [1.82, 2.24) is 84.0 Å². The van der Waals surface area contributed by atoms with Gasteiger partial charge >= 0.3 is 0 Å². The third-order valence-corrected chi connectivity index (χ3v) is 26.5. The first-order valence-electron chi connectivity index (χ1n) is 46.2. The Balaban J connectivity index is 0.000000106. The number of benzene rings is 18. The van der Waals surface area contributed by atoms with E-state index in [1.54, 1.807) is 0 Å². The first-order chi connectivity index (χ1) is 69.8. The van der Waals surface area contributed by atoms with E-state index in [2.05, 4.69) is 326 Å². The summed E-state index contributed by atoms with van der Waals surface area (Å²) < 4.78 is 23.8. The Hall–Kier alpha value is -20.5. The van der Waals surface area contributed by atoms with Crippen molar-refractivity contribution in [3.8, 4) is 41.0 Å². The van der Waals surface area contributed by atoms with Crippen molar-refractivity contribution in [2.75, 3.05) is 9.80 Å². The molecule has 0 saturated carbocycles. The molecule has 0 aliphatic carbocycles. The lowest BCUT2D eigenvalue weighted by molar-refractivity contribution is 1.02. The minimum Gasteiger partial charge on any atom is -0.310 e. The van der Waals surface area contributed by atoms with Crippen LogP contribution in [0.1, 0.15) is 16.7 Å². The van der Waals surface area contributed by atoms with Crippen LogP contribution >= 0.6 is 0 Å². The summed E-state index contributed by atoms with van der Waals surface area (Å²) in [6.45, 7) is 0. The highest BCUT2D eigenvalue weighted by Crippen LogP contribution is 2.44. The van der Waals surface area contributed by atoms with Gasteiger partial charge < -0.3 is 9.80 Å². The van der Waals surface area contributed by atoms with Crippen molar-refractivity contribution in [2.45, 2.75) is 0 Å². The fourth-order valence-corrected chi connectivity index (χ4v) is 20.4. The lowest BCUT2D eigenvalue weighted by Gasteiger charge is -2.28. The van der Waals surface area contributed by atoms with Gasteiger partial charge in [0.05, 0.1) is 179 Å². The SMILES string of the molecule is N#Cc1ccc2c(c1)n1c3ccccc3nc1n(-c1ccc(-n3c4ccccc4n4c5ccccc5nc34)cc1)c1nc3ccccc3n21.N#Cc1ccc2c(c1)n1c3ccccc3nc1n(-c1cccc(N(c3ccccc3)c3ccccc3)c1)c1nc3ccccc3n21.N#Cc1ccc2c(c1)n1c3ccccc3nc1n(-c1ccccc1N(c1ccccc1)c1ccccc1)c1nc3ccccc3n21. The summed E-state index contributed by atoms with van der Waals surface area (Å²) in [5.41, 5.74) is 31.9. The standard InChI is InChI=1S/C40H23N9.2C39H25N7/c41-24-25-17-22-36-37(23-25)49-33-14-6-3-11-30(33)44-40(49)46(39-43-29-10-2-5-13-32(29)48(36)39)27-20-18-26(19-21-27)45-34-15-7-8-16-35(34)47-31-12-4-1-9-28(31)42-38(45)47;40-26-27-23-24-36-37(25-27)45-33-20-10-8-18-31(33)42-39(45)46(38-41-30-17-7-9-19-32(30)44(36)38)35-22-12-11-21-34(35)43(28-13-3-1-4-14-28)29-15-5-2-6-16-29;40-26-27-22-23-36-37(24-27)46-35-21-10-8-19-33(35)42-39(46)44(38-41-32-18-7-9-20-34(32)45(36)38)31-17-11-16-30(25-31)43(28-12-3-1-4-13-28)29-14-5-2-6-15-29/h1-23H;2*1-25H. The minimum atomic E-state index is 0.571. The van der Waals surface area contributed by atoms with Gasteiger partial charge in [-0.3, -0.25) is 35.4 Å². The average molecular weight is 1810 g/mol. The van der Waals surface area contributed by atoms with E-state index in [-0.39, 0.29) is 0 Å². The Bertz CT molecular complexity index is 10300. The molecular formula is C118H73N23. The molecule has 0 bridgehead atoms. The van der Waals surface area contributed by atoms with Gasteiger partial charge in [0.15, 0.2) is 0 Å². The quantitative estimate of drug-likeness (QED) is 0.125. The van der Waals surface area contributed by atoms with Crippen LogP contribution in [0.3, 0.4) is 0 Å². The molecule has 23 heteroatoms. The summed E-state index contributed by atoms with van der Waals surface area (Å²) in [6.07, 6.45) is 0. The Morgan fingerprint density at radius 2 is 0.418 bits per heavy atom. The van der Waals surface area contributed by atoms with Gasteiger partial charge in [-0.2, -0.15) is 15.8 Å². The first-order valence-corrected chi connectivity index (χ1v) is 46.2. The van der Waals surface area contributed by atoms with Gasteiger partial charge in [-0.05, 0) is 255 Å². The molecule has 29 rings (SSSR count). The summed E-state index contributed by atoms with van der Waals surface area (Å²) in [7, 11) is 0. The van der Waals surface area contributed by atoms with Crippen molar-refractivity contribution in [2.24, 2.45) is 0 Å². The van der Waals surface area contributed by atoms with E-state index in [9.17, 15) is 15.8 Å². The second-order valence-corrected chi connectivity index (χ2v) is 34.5. The maximum absolute atomic E-state index is 9.98. The first kappa shape index (κ1) is 80.2. The smallest absolute Gasteiger partial charge is 0.223 e. The molecule has 0 aliphatic heterocycles. The van der Waals surface area contributed by atoms with Crippen molar-refractivity contribution >= 4 is 196 Å². The zero-order chi connectivity index (χ0) is 93.4. The van der Waals surface area contributed by atoms with E-state index in [0.29, 0.717) is 51.4 Å². The molecule has 0 unspecified atom stereocenters. The van der Waals surface area contributed by atoms with Gasteiger partial charge in [0.25, 0.3) is 0 Å². The van der Waals surface area contributed by atoms with Crippen LogP contribution in [0.5, 0.6) is 0 Å². The highest BCUT2D eigenvalue weighted by molar-refractivity contribution is 6.00. The van der Waals surface area contributed by atoms with E-state index in [1.165, 1.54) is 0 Å². The zero-order valence-electron chi connectivity index (χ0n) is 74.9. The normalized spacial score (nSPS) is 11.7. The van der Waals surface area contributed by atoms with Crippen LogP contribution in [-0.2, 0) is 0 Å². The Labute approximate surface area is 800 Å². The van der Waals surface area contributed by atoms with Crippen LogP contribution in [0.25, 0.3) is 185 Å². The molecule has 29 aromatic rings. The van der Waals surface area contributed by atoms with Crippen LogP contribution < -0.4 is 9.80 Å².